The van der Waals surface area contributed by atoms with Gasteiger partial charge in [0.15, 0.2) is 11.6 Å². The van der Waals surface area contributed by atoms with Crippen LogP contribution in [0.2, 0.25) is 0 Å². The van der Waals surface area contributed by atoms with Crippen molar-refractivity contribution in [3.8, 4) is 0 Å². The number of anilines is 1. The lowest BCUT2D eigenvalue weighted by molar-refractivity contribution is 0.192. The van der Waals surface area contributed by atoms with Crippen molar-refractivity contribution >= 4 is 5.82 Å². The standard InChI is InChI=1S/C14H21FN4/c1-2-10-13(15)14(17-9-16-10)18-11-6-8-19-7-4-3-5-12(11)19/h9,11-12H,2-8H2,1H3,(H,16,17,18). The fourth-order valence-corrected chi connectivity index (χ4v) is 3.34. The van der Waals surface area contributed by atoms with Crippen LogP contribution >= 0.6 is 0 Å². The maximum absolute atomic E-state index is 14.1. The van der Waals surface area contributed by atoms with Crippen LogP contribution in [0.15, 0.2) is 6.33 Å². The van der Waals surface area contributed by atoms with Gasteiger partial charge < -0.3 is 5.32 Å². The van der Waals surface area contributed by atoms with E-state index in [1.807, 2.05) is 6.92 Å². The van der Waals surface area contributed by atoms with Gasteiger partial charge in [0.1, 0.15) is 6.33 Å². The van der Waals surface area contributed by atoms with Crippen LogP contribution in [0.1, 0.15) is 38.3 Å². The van der Waals surface area contributed by atoms with Crippen LogP contribution in [0.4, 0.5) is 10.2 Å². The lowest BCUT2D eigenvalue weighted by atomic mass is 9.99. The first-order chi connectivity index (χ1) is 9.29. The predicted molar refractivity (Wildman–Crippen MR) is 72.6 cm³/mol. The molecule has 5 heteroatoms. The molecular weight excluding hydrogens is 243 g/mol. The Balaban J connectivity index is 1.75. The molecule has 0 aliphatic carbocycles. The summed E-state index contributed by atoms with van der Waals surface area (Å²) in [5.74, 6) is 0.100. The van der Waals surface area contributed by atoms with Crippen LogP contribution < -0.4 is 5.32 Å². The normalized spacial score (nSPS) is 27.3. The number of rotatable bonds is 3. The Bertz CT molecular complexity index is 451. The number of piperidine rings is 1. The molecule has 0 amide bonds. The number of halogens is 1. The minimum Gasteiger partial charge on any atom is -0.363 e. The number of aryl methyl sites for hydroxylation is 1. The second kappa shape index (κ2) is 5.41. The Hall–Kier alpha value is -1.23. The molecule has 19 heavy (non-hydrogen) atoms. The number of hydrogen-bond acceptors (Lipinski definition) is 4. The van der Waals surface area contributed by atoms with E-state index in [4.69, 9.17) is 0 Å². The topological polar surface area (TPSA) is 41.1 Å². The molecule has 2 aliphatic heterocycles. The van der Waals surface area contributed by atoms with Gasteiger partial charge in [0.25, 0.3) is 0 Å². The Morgan fingerprint density at radius 3 is 3.05 bits per heavy atom. The van der Waals surface area contributed by atoms with Crippen molar-refractivity contribution in [1.82, 2.24) is 14.9 Å². The van der Waals surface area contributed by atoms with Crippen LogP contribution in [-0.4, -0.2) is 40.0 Å². The molecule has 2 aliphatic rings. The molecule has 1 aromatic heterocycles. The smallest absolute Gasteiger partial charge is 0.186 e. The fourth-order valence-electron chi connectivity index (χ4n) is 3.34. The fraction of sp³-hybridized carbons (Fsp3) is 0.714. The SMILES string of the molecule is CCc1ncnc(NC2CCN3CCCCC23)c1F. The van der Waals surface area contributed by atoms with Crippen molar-refractivity contribution in [3.05, 3.63) is 17.8 Å². The number of nitrogens with zero attached hydrogens (tertiary/aromatic N) is 3. The van der Waals surface area contributed by atoms with E-state index >= 15 is 0 Å². The Morgan fingerprint density at radius 2 is 2.21 bits per heavy atom. The summed E-state index contributed by atoms with van der Waals surface area (Å²) in [6, 6.07) is 0.877. The number of hydrogen-bond donors (Lipinski definition) is 1. The summed E-state index contributed by atoms with van der Waals surface area (Å²) in [6.45, 7) is 4.22. The van der Waals surface area contributed by atoms with Crippen molar-refractivity contribution in [2.45, 2.75) is 51.1 Å². The third kappa shape index (κ3) is 2.43. The predicted octanol–water partition coefficient (Wildman–Crippen LogP) is 2.22. The van der Waals surface area contributed by atoms with Gasteiger partial charge >= 0.3 is 0 Å². The molecule has 3 heterocycles. The molecule has 1 aromatic rings. The van der Waals surface area contributed by atoms with Gasteiger partial charge in [-0.25, -0.2) is 14.4 Å². The average molecular weight is 264 g/mol. The summed E-state index contributed by atoms with van der Waals surface area (Å²) in [7, 11) is 0. The zero-order valence-electron chi connectivity index (χ0n) is 11.4. The van der Waals surface area contributed by atoms with Crippen LogP contribution in [0.25, 0.3) is 0 Å². The molecule has 1 N–H and O–H groups in total. The summed E-state index contributed by atoms with van der Waals surface area (Å²) >= 11 is 0. The van der Waals surface area contributed by atoms with Crippen molar-refractivity contribution in [1.29, 1.82) is 0 Å². The summed E-state index contributed by atoms with van der Waals surface area (Å²) in [5.41, 5.74) is 0.496. The van der Waals surface area contributed by atoms with Gasteiger partial charge in [-0.3, -0.25) is 4.90 Å². The van der Waals surface area contributed by atoms with E-state index in [1.165, 1.54) is 32.1 Å². The van der Waals surface area contributed by atoms with E-state index in [-0.39, 0.29) is 5.82 Å². The highest BCUT2D eigenvalue weighted by Gasteiger charge is 2.35. The van der Waals surface area contributed by atoms with E-state index in [1.54, 1.807) is 0 Å². The van der Waals surface area contributed by atoms with Crippen molar-refractivity contribution in [2.75, 3.05) is 18.4 Å². The molecule has 0 radical (unpaired) electrons. The first kappa shape index (κ1) is 12.8. The minimum atomic E-state index is -0.278. The highest BCUT2D eigenvalue weighted by atomic mass is 19.1. The van der Waals surface area contributed by atoms with Crippen LogP contribution in [-0.2, 0) is 6.42 Å². The van der Waals surface area contributed by atoms with Gasteiger partial charge in [-0.1, -0.05) is 13.3 Å². The van der Waals surface area contributed by atoms with Crippen molar-refractivity contribution in [3.63, 3.8) is 0 Å². The summed E-state index contributed by atoms with van der Waals surface area (Å²) in [5, 5.41) is 3.32. The van der Waals surface area contributed by atoms with Crippen LogP contribution in [0, 0.1) is 5.82 Å². The summed E-state index contributed by atoms with van der Waals surface area (Å²) in [4.78, 5) is 10.6. The Kier molecular flexibility index (Phi) is 3.64. The third-order valence-corrected chi connectivity index (χ3v) is 4.37. The minimum absolute atomic E-state index is 0.278. The summed E-state index contributed by atoms with van der Waals surface area (Å²) in [6.07, 6.45) is 6.93. The van der Waals surface area contributed by atoms with Crippen LogP contribution in [0.3, 0.4) is 0 Å². The number of nitrogens with one attached hydrogen (secondary N) is 1. The van der Waals surface area contributed by atoms with Crippen molar-refractivity contribution < 1.29 is 4.39 Å². The highest BCUT2D eigenvalue weighted by molar-refractivity contribution is 5.39. The van der Waals surface area contributed by atoms with E-state index in [0.29, 0.717) is 30.0 Å². The average Bonchev–Trinajstić information content (AvgIpc) is 2.85. The van der Waals surface area contributed by atoms with E-state index in [0.717, 1.165) is 13.0 Å². The van der Waals surface area contributed by atoms with Crippen molar-refractivity contribution in [2.24, 2.45) is 0 Å². The Labute approximate surface area is 113 Å². The van der Waals surface area contributed by atoms with Gasteiger partial charge in [0.2, 0.25) is 0 Å². The first-order valence-electron chi connectivity index (χ1n) is 7.29. The molecule has 0 spiro atoms. The third-order valence-electron chi connectivity index (χ3n) is 4.37. The molecule has 104 valence electrons. The quantitative estimate of drug-likeness (QED) is 0.909. The van der Waals surface area contributed by atoms with E-state index in [2.05, 4.69) is 20.2 Å². The monoisotopic (exact) mass is 264 g/mol. The second-order valence-electron chi connectivity index (χ2n) is 5.48. The largest absolute Gasteiger partial charge is 0.363 e. The zero-order valence-corrected chi connectivity index (χ0v) is 11.4. The van der Waals surface area contributed by atoms with Gasteiger partial charge in [-0.05, 0) is 32.2 Å². The molecule has 2 fully saturated rings. The molecule has 2 atom stereocenters. The molecule has 0 saturated carbocycles. The molecule has 2 unspecified atom stereocenters. The van der Waals surface area contributed by atoms with Gasteiger partial charge in [0, 0.05) is 18.6 Å². The molecular formula is C14H21FN4. The maximum Gasteiger partial charge on any atom is 0.186 e. The van der Waals surface area contributed by atoms with E-state index in [9.17, 15) is 4.39 Å². The molecule has 0 aromatic carbocycles. The number of aromatic nitrogens is 2. The lowest BCUT2D eigenvalue weighted by Gasteiger charge is -2.32. The van der Waals surface area contributed by atoms with Gasteiger partial charge in [-0.2, -0.15) is 0 Å². The lowest BCUT2D eigenvalue weighted by Crippen LogP contribution is -2.42. The molecule has 2 saturated heterocycles. The summed E-state index contributed by atoms with van der Waals surface area (Å²) < 4.78 is 14.1. The molecule has 0 bridgehead atoms. The molecule has 4 nitrogen and oxygen atoms in total. The zero-order chi connectivity index (χ0) is 13.2. The maximum atomic E-state index is 14.1. The van der Waals surface area contributed by atoms with E-state index < -0.39 is 0 Å². The molecule has 3 rings (SSSR count). The highest BCUT2D eigenvalue weighted by Crippen LogP contribution is 2.29. The number of fused-ring (bicyclic) bond motifs is 1. The Morgan fingerprint density at radius 1 is 1.32 bits per heavy atom. The van der Waals surface area contributed by atoms with Crippen LogP contribution in [0.5, 0.6) is 0 Å². The van der Waals surface area contributed by atoms with Gasteiger partial charge in [0.05, 0.1) is 5.69 Å². The second-order valence-corrected chi connectivity index (χ2v) is 5.48. The first-order valence-corrected chi connectivity index (χ1v) is 7.29. The van der Waals surface area contributed by atoms with Gasteiger partial charge in [-0.15, -0.1) is 0 Å².